The highest BCUT2D eigenvalue weighted by atomic mass is 16.3. The molecule has 1 aromatic carbocycles. The van der Waals surface area contributed by atoms with Crippen LogP contribution in [-0.4, -0.2) is 10.9 Å². The first-order valence-electron chi connectivity index (χ1n) is 9.70. The number of aromatic hydroxyl groups is 1. The number of rotatable bonds is 7. The van der Waals surface area contributed by atoms with Crippen molar-refractivity contribution in [2.24, 2.45) is 5.92 Å². The van der Waals surface area contributed by atoms with Crippen molar-refractivity contribution >= 4 is 5.78 Å². The zero-order chi connectivity index (χ0) is 17.7. The van der Waals surface area contributed by atoms with Gasteiger partial charge in [-0.1, -0.05) is 65.5 Å². The molecule has 0 bridgehead atoms. The number of phenolic OH excluding ortho intramolecular Hbond substituents is 1. The van der Waals surface area contributed by atoms with Crippen LogP contribution in [0.1, 0.15) is 96.1 Å². The number of carbonyl (C=O) groups excluding carboxylic acids is 1. The van der Waals surface area contributed by atoms with Crippen LogP contribution in [0.25, 0.3) is 0 Å². The lowest BCUT2D eigenvalue weighted by Gasteiger charge is -2.30. The maximum Gasteiger partial charge on any atom is 0.133 e. The molecule has 0 unspecified atom stereocenters. The molecule has 1 fully saturated rings. The highest BCUT2D eigenvalue weighted by Gasteiger charge is 2.30. The molecule has 0 heterocycles. The van der Waals surface area contributed by atoms with Crippen LogP contribution in [-0.2, 0) is 10.2 Å². The molecular weight excluding hydrogens is 296 g/mol. The molecule has 2 atom stereocenters. The lowest BCUT2D eigenvalue weighted by Crippen LogP contribution is -2.22. The molecule has 1 aliphatic carbocycles. The van der Waals surface area contributed by atoms with Gasteiger partial charge in [0.15, 0.2) is 0 Å². The van der Waals surface area contributed by atoms with Gasteiger partial charge in [0.25, 0.3) is 0 Å². The van der Waals surface area contributed by atoms with E-state index in [0.717, 1.165) is 18.4 Å². The molecule has 24 heavy (non-hydrogen) atoms. The number of phenols is 1. The molecule has 2 nitrogen and oxygen atoms in total. The summed E-state index contributed by atoms with van der Waals surface area (Å²) in [5.41, 5.74) is 2.24. The molecule has 1 aliphatic rings. The zero-order valence-electron chi connectivity index (χ0n) is 15.9. The van der Waals surface area contributed by atoms with Gasteiger partial charge in [-0.05, 0) is 47.3 Å². The Morgan fingerprint density at radius 2 is 1.96 bits per heavy atom. The Hall–Kier alpha value is -1.31. The van der Waals surface area contributed by atoms with Gasteiger partial charge in [-0.25, -0.2) is 0 Å². The predicted octanol–water partition coefficient (Wildman–Crippen LogP) is 6.11. The first kappa shape index (κ1) is 19.0. The minimum atomic E-state index is 0.0811. The molecule has 0 aliphatic heterocycles. The van der Waals surface area contributed by atoms with E-state index in [-0.39, 0.29) is 11.3 Å². The summed E-state index contributed by atoms with van der Waals surface area (Å²) in [6.07, 6.45) is 8.43. The number of Topliss-reactive ketones (excluding diaryl/α,β-unsaturated/α-hetero) is 1. The minimum absolute atomic E-state index is 0.0811. The predicted molar refractivity (Wildman–Crippen MR) is 101 cm³/mol. The van der Waals surface area contributed by atoms with E-state index in [4.69, 9.17) is 0 Å². The number of hydrogen-bond acceptors (Lipinski definition) is 2. The molecule has 0 aromatic heterocycles. The van der Waals surface area contributed by atoms with E-state index in [9.17, 15) is 9.90 Å². The van der Waals surface area contributed by atoms with Crippen molar-refractivity contribution < 1.29 is 9.90 Å². The van der Waals surface area contributed by atoms with E-state index in [0.29, 0.717) is 30.3 Å². The van der Waals surface area contributed by atoms with Gasteiger partial charge >= 0.3 is 0 Å². The summed E-state index contributed by atoms with van der Waals surface area (Å²) in [6, 6.07) is 6.18. The van der Waals surface area contributed by atoms with Gasteiger partial charge in [0, 0.05) is 12.8 Å². The number of unbranched alkanes of at least 4 members (excludes halogenated alkanes) is 3. The average molecular weight is 331 g/mol. The van der Waals surface area contributed by atoms with E-state index in [1.807, 2.05) is 6.07 Å². The number of hydrogen-bond donors (Lipinski definition) is 1. The topological polar surface area (TPSA) is 37.3 Å². The Morgan fingerprint density at radius 1 is 1.21 bits per heavy atom. The molecule has 0 amide bonds. The fraction of sp³-hybridized carbons (Fsp3) is 0.682. The van der Waals surface area contributed by atoms with E-state index in [1.165, 1.54) is 31.2 Å². The van der Waals surface area contributed by atoms with E-state index in [1.54, 1.807) is 0 Å². The third-order valence-electron chi connectivity index (χ3n) is 5.88. The third-order valence-corrected chi connectivity index (χ3v) is 5.88. The summed E-state index contributed by atoms with van der Waals surface area (Å²) < 4.78 is 0. The molecule has 2 rings (SSSR count). The normalized spacial score (nSPS) is 21.9. The summed E-state index contributed by atoms with van der Waals surface area (Å²) >= 11 is 0. The average Bonchev–Trinajstić information content (AvgIpc) is 2.54. The molecule has 134 valence electrons. The van der Waals surface area contributed by atoms with Crippen molar-refractivity contribution in [2.75, 3.05) is 0 Å². The Bertz CT molecular complexity index is 559. The van der Waals surface area contributed by atoms with Crippen LogP contribution < -0.4 is 0 Å². The van der Waals surface area contributed by atoms with Crippen molar-refractivity contribution in [3.05, 3.63) is 29.3 Å². The molecule has 2 heteroatoms. The van der Waals surface area contributed by atoms with Gasteiger partial charge in [0.1, 0.15) is 11.5 Å². The van der Waals surface area contributed by atoms with Crippen molar-refractivity contribution in [1.82, 2.24) is 0 Å². The smallest absolute Gasteiger partial charge is 0.133 e. The molecule has 0 radical (unpaired) electrons. The first-order valence-corrected chi connectivity index (χ1v) is 9.70. The Morgan fingerprint density at radius 3 is 2.62 bits per heavy atom. The minimum Gasteiger partial charge on any atom is -0.508 e. The maximum absolute atomic E-state index is 11.8. The summed E-state index contributed by atoms with van der Waals surface area (Å²) in [7, 11) is 0. The molecule has 1 aromatic rings. The lowest BCUT2D eigenvalue weighted by molar-refractivity contribution is -0.121. The Balaban J connectivity index is 2.12. The number of carbonyl (C=O) groups is 1. The monoisotopic (exact) mass is 330 g/mol. The highest BCUT2D eigenvalue weighted by Crippen LogP contribution is 2.41. The standard InChI is InChI=1S/C22H34O2/c1-5-6-7-8-13-22(3,4)17-10-12-19(21(24)14-17)20-15-18(23)11-9-16(20)2/h10,12,14,16,20,24H,5-9,11,13,15H2,1-4H3/t16-,20+/m1/s1. The second-order valence-corrected chi connectivity index (χ2v) is 8.33. The van der Waals surface area contributed by atoms with Gasteiger partial charge in [-0.2, -0.15) is 0 Å². The quantitative estimate of drug-likeness (QED) is 0.612. The summed E-state index contributed by atoms with van der Waals surface area (Å²) in [5, 5.41) is 10.6. The molecule has 1 N–H and O–H groups in total. The van der Waals surface area contributed by atoms with Crippen LogP contribution in [0.5, 0.6) is 5.75 Å². The van der Waals surface area contributed by atoms with Crippen LogP contribution in [0.2, 0.25) is 0 Å². The SMILES string of the molecule is CCCCCCC(C)(C)c1ccc([C@H]2CC(=O)CC[C@H]2C)c(O)c1. The van der Waals surface area contributed by atoms with Crippen LogP contribution in [0.15, 0.2) is 18.2 Å². The molecule has 0 saturated heterocycles. The summed E-state index contributed by atoms with van der Waals surface area (Å²) in [4.78, 5) is 11.8. The Labute approximate surface area is 147 Å². The van der Waals surface area contributed by atoms with Crippen LogP contribution in [0.4, 0.5) is 0 Å². The van der Waals surface area contributed by atoms with Crippen molar-refractivity contribution in [1.29, 1.82) is 0 Å². The van der Waals surface area contributed by atoms with E-state index < -0.39 is 0 Å². The van der Waals surface area contributed by atoms with Crippen molar-refractivity contribution in [3.8, 4) is 5.75 Å². The van der Waals surface area contributed by atoms with Gasteiger partial charge in [0.05, 0.1) is 0 Å². The summed E-state index contributed by atoms with van der Waals surface area (Å²) in [6.45, 7) is 8.96. The van der Waals surface area contributed by atoms with Crippen LogP contribution in [0, 0.1) is 5.92 Å². The van der Waals surface area contributed by atoms with Crippen molar-refractivity contribution in [3.63, 3.8) is 0 Å². The fourth-order valence-electron chi connectivity index (χ4n) is 3.97. The lowest BCUT2D eigenvalue weighted by atomic mass is 9.74. The second-order valence-electron chi connectivity index (χ2n) is 8.33. The van der Waals surface area contributed by atoms with E-state index >= 15 is 0 Å². The van der Waals surface area contributed by atoms with Gasteiger partial charge in [-0.15, -0.1) is 0 Å². The fourth-order valence-corrected chi connectivity index (χ4v) is 3.97. The highest BCUT2D eigenvalue weighted by molar-refractivity contribution is 5.80. The summed E-state index contributed by atoms with van der Waals surface area (Å²) in [5.74, 6) is 1.34. The van der Waals surface area contributed by atoms with Crippen LogP contribution >= 0.6 is 0 Å². The van der Waals surface area contributed by atoms with Gasteiger partial charge in [0.2, 0.25) is 0 Å². The van der Waals surface area contributed by atoms with Gasteiger partial charge < -0.3 is 5.11 Å². The zero-order valence-corrected chi connectivity index (χ0v) is 15.9. The molecule has 1 saturated carbocycles. The molecule has 0 spiro atoms. The number of benzene rings is 1. The van der Waals surface area contributed by atoms with Gasteiger partial charge in [-0.3, -0.25) is 4.79 Å². The first-order chi connectivity index (χ1) is 11.3. The van der Waals surface area contributed by atoms with Crippen molar-refractivity contribution in [2.45, 2.75) is 90.4 Å². The molecular formula is C22H34O2. The second kappa shape index (κ2) is 8.18. The Kier molecular flexibility index (Phi) is 6.48. The largest absolute Gasteiger partial charge is 0.508 e. The van der Waals surface area contributed by atoms with E-state index in [2.05, 4.69) is 39.8 Å². The number of ketones is 1. The maximum atomic E-state index is 11.8. The third kappa shape index (κ3) is 4.62. The van der Waals surface area contributed by atoms with Crippen LogP contribution in [0.3, 0.4) is 0 Å².